The number of fused-ring (bicyclic) bond motifs is 1. The van der Waals surface area contributed by atoms with Gasteiger partial charge in [0, 0.05) is 11.1 Å². The molecule has 4 rings (SSSR count). The summed E-state index contributed by atoms with van der Waals surface area (Å²) in [5.74, 6) is -0.00810. The average molecular weight is 475 g/mol. The molecule has 0 fully saturated rings. The minimum Gasteiger partial charge on any atom is -0.463 e. The minimum absolute atomic E-state index is 0.130. The summed E-state index contributed by atoms with van der Waals surface area (Å²) in [6.45, 7) is 4.13. The number of esters is 1. The molecular formula is C29H27ClO4. The van der Waals surface area contributed by atoms with Crippen molar-refractivity contribution in [2.45, 2.75) is 46.0 Å². The Morgan fingerprint density at radius 1 is 0.971 bits per heavy atom. The van der Waals surface area contributed by atoms with Crippen molar-refractivity contribution in [3.63, 3.8) is 0 Å². The van der Waals surface area contributed by atoms with Crippen molar-refractivity contribution < 1.29 is 13.9 Å². The summed E-state index contributed by atoms with van der Waals surface area (Å²) in [6, 6.07) is 17.8. The van der Waals surface area contributed by atoms with Crippen LogP contribution in [0, 0.1) is 6.92 Å². The Morgan fingerprint density at radius 2 is 1.71 bits per heavy atom. The first-order valence-electron chi connectivity index (χ1n) is 11.6. The first kappa shape index (κ1) is 23.8. The van der Waals surface area contributed by atoms with Crippen LogP contribution in [0.3, 0.4) is 0 Å². The van der Waals surface area contributed by atoms with Crippen molar-refractivity contribution in [1.29, 1.82) is 0 Å². The molecule has 0 bridgehead atoms. The molecule has 5 heteroatoms. The molecule has 174 valence electrons. The quantitative estimate of drug-likeness (QED) is 0.149. The molecular weight excluding hydrogens is 448 g/mol. The monoisotopic (exact) mass is 474 g/mol. The third kappa shape index (κ3) is 5.40. The third-order valence-electron chi connectivity index (χ3n) is 5.90. The number of halogens is 1. The molecule has 0 radical (unpaired) electrons. The Kier molecular flexibility index (Phi) is 7.49. The second-order valence-corrected chi connectivity index (χ2v) is 8.94. The van der Waals surface area contributed by atoms with Gasteiger partial charge in [0.05, 0.1) is 16.5 Å². The molecule has 0 unspecified atom stereocenters. The SMILES string of the molecule is CCCCCCc1cc2c(=O)c(-c3ccc(Cl)cc3)coc2cc1OC(=O)c1ccc(C)cc1. The standard InChI is InChI=1S/C29H27ClO4/c1-3-4-5-6-7-22-16-24-27(17-26(22)34-29(32)21-10-8-19(2)9-11-21)33-18-25(28(24)31)20-12-14-23(30)15-13-20/h8-18H,3-7H2,1-2H3. The molecule has 0 aliphatic carbocycles. The fourth-order valence-electron chi connectivity index (χ4n) is 3.91. The van der Waals surface area contributed by atoms with E-state index >= 15 is 0 Å². The first-order valence-corrected chi connectivity index (χ1v) is 12.0. The highest BCUT2D eigenvalue weighted by Crippen LogP contribution is 2.29. The van der Waals surface area contributed by atoms with E-state index in [2.05, 4.69) is 6.92 Å². The van der Waals surface area contributed by atoms with Gasteiger partial charge in [0.2, 0.25) is 5.43 Å². The Balaban J connectivity index is 1.73. The molecule has 1 heterocycles. The number of benzene rings is 3. The van der Waals surface area contributed by atoms with Gasteiger partial charge in [-0.3, -0.25) is 4.79 Å². The number of unbranched alkanes of at least 4 members (excludes halogenated alkanes) is 3. The smallest absolute Gasteiger partial charge is 0.343 e. The van der Waals surface area contributed by atoms with Crippen LogP contribution in [0.2, 0.25) is 5.02 Å². The molecule has 0 saturated carbocycles. The number of aryl methyl sites for hydroxylation is 2. The Hall–Kier alpha value is -3.37. The van der Waals surface area contributed by atoms with Crippen LogP contribution in [-0.4, -0.2) is 5.97 Å². The topological polar surface area (TPSA) is 56.5 Å². The van der Waals surface area contributed by atoms with Gasteiger partial charge >= 0.3 is 5.97 Å². The second-order valence-electron chi connectivity index (χ2n) is 8.51. The van der Waals surface area contributed by atoms with Gasteiger partial charge < -0.3 is 9.15 Å². The van der Waals surface area contributed by atoms with Crippen molar-refractivity contribution in [1.82, 2.24) is 0 Å². The van der Waals surface area contributed by atoms with E-state index in [4.69, 9.17) is 20.8 Å². The lowest BCUT2D eigenvalue weighted by atomic mass is 10.0. The van der Waals surface area contributed by atoms with Gasteiger partial charge in [-0.15, -0.1) is 0 Å². The van der Waals surface area contributed by atoms with Crippen LogP contribution in [0.4, 0.5) is 0 Å². The van der Waals surface area contributed by atoms with Gasteiger partial charge in [0.25, 0.3) is 0 Å². The largest absolute Gasteiger partial charge is 0.463 e. The van der Waals surface area contributed by atoms with Crippen molar-refractivity contribution in [2.75, 3.05) is 0 Å². The zero-order valence-corrected chi connectivity index (χ0v) is 20.2. The van der Waals surface area contributed by atoms with Crippen LogP contribution < -0.4 is 10.2 Å². The summed E-state index contributed by atoms with van der Waals surface area (Å²) in [5.41, 5.74) is 3.82. The molecule has 0 amide bonds. The fourth-order valence-corrected chi connectivity index (χ4v) is 4.04. The lowest BCUT2D eigenvalue weighted by Gasteiger charge is -2.12. The Bertz CT molecular complexity index is 1350. The average Bonchev–Trinajstić information content (AvgIpc) is 2.83. The normalized spacial score (nSPS) is 11.0. The number of hydrogen-bond acceptors (Lipinski definition) is 4. The highest BCUT2D eigenvalue weighted by molar-refractivity contribution is 6.30. The molecule has 3 aromatic carbocycles. The summed E-state index contributed by atoms with van der Waals surface area (Å²) in [4.78, 5) is 26.1. The molecule has 4 nitrogen and oxygen atoms in total. The second kappa shape index (κ2) is 10.7. The molecule has 4 aromatic rings. The summed E-state index contributed by atoms with van der Waals surface area (Å²) in [7, 11) is 0. The van der Waals surface area contributed by atoms with E-state index in [-0.39, 0.29) is 5.43 Å². The maximum Gasteiger partial charge on any atom is 0.343 e. The Labute approximate surface area is 204 Å². The van der Waals surface area contributed by atoms with Gasteiger partial charge in [-0.05, 0) is 61.2 Å². The first-order chi connectivity index (χ1) is 16.5. The van der Waals surface area contributed by atoms with Crippen LogP contribution >= 0.6 is 11.6 Å². The van der Waals surface area contributed by atoms with Crippen LogP contribution in [0.25, 0.3) is 22.1 Å². The molecule has 0 aliphatic heterocycles. The molecule has 0 saturated heterocycles. The number of carbonyl (C=O) groups excluding carboxylic acids is 1. The van der Waals surface area contributed by atoms with Gasteiger partial charge in [-0.2, -0.15) is 0 Å². The highest BCUT2D eigenvalue weighted by Gasteiger charge is 2.17. The molecule has 0 N–H and O–H groups in total. The van der Waals surface area contributed by atoms with E-state index in [1.165, 1.54) is 6.26 Å². The highest BCUT2D eigenvalue weighted by atomic mass is 35.5. The maximum absolute atomic E-state index is 13.3. The molecule has 1 aromatic heterocycles. The predicted molar refractivity (Wildman–Crippen MR) is 137 cm³/mol. The lowest BCUT2D eigenvalue weighted by Crippen LogP contribution is -2.11. The van der Waals surface area contributed by atoms with E-state index in [1.54, 1.807) is 42.5 Å². The lowest BCUT2D eigenvalue weighted by molar-refractivity contribution is 0.0733. The van der Waals surface area contributed by atoms with E-state index in [1.807, 2.05) is 25.1 Å². The van der Waals surface area contributed by atoms with Crippen molar-refractivity contribution in [3.05, 3.63) is 98.9 Å². The predicted octanol–water partition coefficient (Wildman–Crippen LogP) is 7.76. The van der Waals surface area contributed by atoms with Gasteiger partial charge in [-0.1, -0.05) is 67.6 Å². The van der Waals surface area contributed by atoms with Crippen LogP contribution in [0.5, 0.6) is 5.75 Å². The summed E-state index contributed by atoms with van der Waals surface area (Å²) in [5, 5.41) is 1.07. The third-order valence-corrected chi connectivity index (χ3v) is 6.15. The zero-order valence-electron chi connectivity index (χ0n) is 19.4. The minimum atomic E-state index is -0.436. The maximum atomic E-state index is 13.3. The van der Waals surface area contributed by atoms with E-state index in [0.717, 1.165) is 42.4 Å². The van der Waals surface area contributed by atoms with E-state index < -0.39 is 5.97 Å². The number of rotatable bonds is 8. The summed E-state index contributed by atoms with van der Waals surface area (Å²) in [6.07, 6.45) is 6.42. The molecule has 34 heavy (non-hydrogen) atoms. The Morgan fingerprint density at radius 3 is 2.41 bits per heavy atom. The van der Waals surface area contributed by atoms with Gasteiger partial charge in [-0.25, -0.2) is 4.79 Å². The van der Waals surface area contributed by atoms with Crippen molar-refractivity contribution in [3.8, 4) is 16.9 Å². The number of hydrogen-bond donors (Lipinski definition) is 0. The summed E-state index contributed by atoms with van der Waals surface area (Å²) < 4.78 is 11.6. The summed E-state index contributed by atoms with van der Waals surface area (Å²) >= 11 is 5.99. The van der Waals surface area contributed by atoms with Crippen molar-refractivity contribution in [2.24, 2.45) is 0 Å². The number of ether oxygens (including phenoxy) is 1. The van der Waals surface area contributed by atoms with Gasteiger partial charge in [0.1, 0.15) is 17.6 Å². The fraction of sp³-hybridized carbons (Fsp3) is 0.241. The number of carbonyl (C=O) groups is 1. The zero-order chi connectivity index (χ0) is 24.1. The van der Waals surface area contributed by atoms with Gasteiger partial charge in [0.15, 0.2) is 0 Å². The van der Waals surface area contributed by atoms with Crippen LogP contribution in [0.15, 0.2) is 76.1 Å². The van der Waals surface area contributed by atoms with E-state index in [9.17, 15) is 9.59 Å². The molecule has 0 aliphatic rings. The van der Waals surface area contributed by atoms with Crippen molar-refractivity contribution >= 4 is 28.5 Å². The molecule has 0 atom stereocenters. The van der Waals surface area contributed by atoms with Crippen LogP contribution in [0.1, 0.15) is 54.1 Å². The molecule has 0 spiro atoms. The van der Waals surface area contributed by atoms with E-state index in [0.29, 0.717) is 39.3 Å². The van der Waals surface area contributed by atoms with Crippen LogP contribution in [-0.2, 0) is 6.42 Å².